The summed E-state index contributed by atoms with van der Waals surface area (Å²) in [7, 11) is 0. The van der Waals surface area contributed by atoms with E-state index in [0.29, 0.717) is 0 Å². The van der Waals surface area contributed by atoms with Gasteiger partial charge in [-0.25, -0.2) is 0 Å². The van der Waals surface area contributed by atoms with Crippen LogP contribution in [0.15, 0.2) is 0 Å². The molecule has 78 valence electrons. The van der Waals surface area contributed by atoms with Crippen molar-refractivity contribution in [1.29, 1.82) is 0 Å². The molecular weight excluding hydrogens is 176 g/mol. The largest absolute Gasteiger partial charge is 0.342 e. The lowest BCUT2D eigenvalue weighted by atomic mass is 9.80. The smallest absolute Gasteiger partial charge is 0.226 e. The number of amides is 1. The molecule has 1 heterocycles. The van der Waals surface area contributed by atoms with Crippen molar-refractivity contribution in [2.24, 2.45) is 5.41 Å². The number of terminal acetylenes is 1. The molecule has 1 fully saturated rings. The van der Waals surface area contributed by atoms with E-state index in [4.69, 9.17) is 6.42 Å². The van der Waals surface area contributed by atoms with E-state index in [1.807, 2.05) is 13.8 Å². The van der Waals surface area contributed by atoms with E-state index in [-0.39, 0.29) is 17.4 Å². The second-order valence-corrected chi connectivity index (χ2v) is 4.17. The fraction of sp³-hybridized carbons (Fsp3) is 0.727. The van der Waals surface area contributed by atoms with E-state index in [0.717, 1.165) is 25.9 Å². The van der Waals surface area contributed by atoms with Crippen LogP contribution in [-0.4, -0.2) is 25.0 Å². The summed E-state index contributed by atoms with van der Waals surface area (Å²) >= 11 is 0. The van der Waals surface area contributed by atoms with Crippen LogP contribution in [0.5, 0.6) is 0 Å². The van der Waals surface area contributed by atoms with Gasteiger partial charge in [0.1, 0.15) is 0 Å². The molecule has 2 N–H and O–H groups in total. The molecule has 0 radical (unpaired) electrons. The third-order valence-electron chi connectivity index (χ3n) is 2.85. The van der Waals surface area contributed by atoms with Crippen LogP contribution in [0.1, 0.15) is 26.7 Å². The average Bonchev–Trinajstić information content (AvgIpc) is 2.18. The maximum absolute atomic E-state index is 11.9. The molecule has 1 aliphatic rings. The van der Waals surface area contributed by atoms with Crippen LogP contribution in [0.3, 0.4) is 0 Å². The van der Waals surface area contributed by atoms with Gasteiger partial charge in [-0.3, -0.25) is 4.79 Å². The zero-order valence-electron chi connectivity index (χ0n) is 8.89. The van der Waals surface area contributed by atoms with Gasteiger partial charge in [-0.15, -0.1) is 6.42 Å². The van der Waals surface area contributed by atoms with Crippen LogP contribution in [0.25, 0.3) is 0 Å². The van der Waals surface area contributed by atoms with E-state index < -0.39 is 0 Å². The van der Waals surface area contributed by atoms with Gasteiger partial charge in [-0.05, 0) is 32.9 Å². The number of carbonyl (C=O) groups is 1. The van der Waals surface area contributed by atoms with Crippen molar-refractivity contribution < 1.29 is 4.79 Å². The molecule has 1 atom stereocenters. The third kappa shape index (κ3) is 2.49. The molecule has 0 saturated carbocycles. The monoisotopic (exact) mass is 194 g/mol. The van der Waals surface area contributed by atoms with Crippen LogP contribution in [-0.2, 0) is 4.79 Å². The van der Waals surface area contributed by atoms with Crippen LogP contribution < -0.4 is 10.6 Å². The Morgan fingerprint density at radius 2 is 2.14 bits per heavy atom. The summed E-state index contributed by atoms with van der Waals surface area (Å²) in [5, 5.41) is 6.08. The molecular formula is C11H18N2O. The van der Waals surface area contributed by atoms with Gasteiger partial charge in [0.15, 0.2) is 0 Å². The zero-order chi connectivity index (χ0) is 10.6. The van der Waals surface area contributed by atoms with Gasteiger partial charge in [0, 0.05) is 5.41 Å². The predicted molar refractivity (Wildman–Crippen MR) is 56.6 cm³/mol. The summed E-state index contributed by atoms with van der Waals surface area (Å²) < 4.78 is 0. The summed E-state index contributed by atoms with van der Waals surface area (Å²) in [6.07, 6.45) is 6.99. The van der Waals surface area contributed by atoms with Crippen molar-refractivity contribution >= 4 is 5.91 Å². The highest BCUT2D eigenvalue weighted by atomic mass is 16.2. The summed E-state index contributed by atoms with van der Waals surface area (Å²) in [4.78, 5) is 11.9. The van der Waals surface area contributed by atoms with E-state index in [2.05, 4.69) is 16.6 Å². The highest BCUT2D eigenvalue weighted by molar-refractivity contribution is 5.82. The molecule has 1 rings (SSSR count). The summed E-state index contributed by atoms with van der Waals surface area (Å²) in [5.41, 5.74) is -0.240. The number of carbonyl (C=O) groups excluding carboxylic acids is 1. The Morgan fingerprint density at radius 3 is 2.64 bits per heavy atom. The van der Waals surface area contributed by atoms with Gasteiger partial charge in [-0.2, -0.15) is 0 Å². The quantitative estimate of drug-likeness (QED) is 0.629. The number of piperidine rings is 1. The first kappa shape index (κ1) is 11.1. The molecule has 3 heteroatoms. The Hall–Kier alpha value is -1.01. The average molecular weight is 194 g/mol. The minimum Gasteiger partial charge on any atom is -0.342 e. The van der Waals surface area contributed by atoms with Crippen molar-refractivity contribution in [2.75, 3.05) is 13.1 Å². The Bertz CT molecular complexity index is 249. The molecule has 1 unspecified atom stereocenters. The van der Waals surface area contributed by atoms with Crippen molar-refractivity contribution in [3.05, 3.63) is 0 Å². The van der Waals surface area contributed by atoms with E-state index in [9.17, 15) is 4.79 Å². The summed E-state index contributed by atoms with van der Waals surface area (Å²) in [6.45, 7) is 5.65. The Morgan fingerprint density at radius 1 is 1.57 bits per heavy atom. The highest BCUT2D eigenvalue weighted by Gasteiger charge is 2.34. The van der Waals surface area contributed by atoms with Crippen LogP contribution in [0.2, 0.25) is 0 Å². The second kappa shape index (κ2) is 4.47. The molecule has 0 spiro atoms. The molecule has 3 nitrogen and oxygen atoms in total. The van der Waals surface area contributed by atoms with Gasteiger partial charge < -0.3 is 10.6 Å². The molecule has 0 aromatic carbocycles. The summed E-state index contributed by atoms with van der Waals surface area (Å²) in [6, 6.07) is -0.172. The zero-order valence-corrected chi connectivity index (χ0v) is 8.89. The molecule has 0 aromatic heterocycles. The topological polar surface area (TPSA) is 41.1 Å². The molecule has 14 heavy (non-hydrogen) atoms. The van der Waals surface area contributed by atoms with E-state index >= 15 is 0 Å². The molecule has 0 aromatic rings. The second-order valence-electron chi connectivity index (χ2n) is 4.17. The van der Waals surface area contributed by atoms with Gasteiger partial charge >= 0.3 is 0 Å². The number of nitrogens with one attached hydrogen (secondary N) is 2. The van der Waals surface area contributed by atoms with Gasteiger partial charge in [-0.1, -0.05) is 12.8 Å². The van der Waals surface area contributed by atoms with E-state index in [1.165, 1.54) is 0 Å². The SMILES string of the molecule is C#CC(C)NC(=O)C1(C)CCNCC1. The maximum atomic E-state index is 11.9. The standard InChI is InChI=1S/C11H18N2O/c1-4-9(2)13-10(14)11(3)5-7-12-8-6-11/h1,9,12H,5-8H2,2-3H3,(H,13,14). The van der Waals surface area contributed by atoms with Crippen molar-refractivity contribution in [3.63, 3.8) is 0 Å². The Kier molecular flexibility index (Phi) is 3.54. The van der Waals surface area contributed by atoms with E-state index in [1.54, 1.807) is 0 Å². The van der Waals surface area contributed by atoms with Gasteiger partial charge in [0.2, 0.25) is 5.91 Å². The lowest BCUT2D eigenvalue weighted by Crippen LogP contribution is -2.47. The predicted octanol–water partition coefficient (Wildman–Crippen LogP) is 0.514. The lowest BCUT2D eigenvalue weighted by Gasteiger charge is -2.33. The highest BCUT2D eigenvalue weighted by Crippen LogP contribution is 2.27. The Balaban J connectivity index is 2.54. The Labute approximate surface area is 85.6 Å². The minimum atomic E-state index is -0.240. The molecule has 1 aliphatic heterocycles. The number of rotatable bonds is 2. The van der Waals surface area contributed by atoms with Crippen molar-refractivity contribution in [2.45, 2.75) is 32.7 Å². The van der Waals surface area contributed by atoms with Crippen molar-refractivity contribution in [1.82, 2.24) is 10.6 Å². The fourth-order valence-electron chi connectivity index (χ4n) is 1.62. The first-order valence-electron chi connectivity index (χ1n) is 5.06. The lowest BCUT2D eigenvalue weighted by molar-refractivity contribution is -0.131. The molecule has 0 bridgehead atoms. The normalized spacial score (nSPS) is 22.1. The van der Waals surface area contributed by atoms with Crippen LogP contribution >= 0.6 is 0 Å². The molecule has 1 saturated heterocycles. The first-order valence-corrected chi connectivity index (χ1v) is 5.06. The third-order valence-corrected chi connectivity index (χ3v) is 2.85. The molecule has 0 aliphatic carbocycles. The maximum Gasteiger partial charge on any atom is 0.226 e. The van der Waals surface area contributed by atoms with Gasteiger partial charge in [0.05, 0.1) is 6.04 Å². The van der Waals surface area contributed by atoms with Gasteiger partial charge in [0.25, 0.3) is 0 Å². The summed E-state index contributed by atoms with van der Waals surface area (Å²) in [5.74, 6) is 2.59. The van der Waals surface area contributed by atoms with Crippen LogP contribution in [0, 0.1) is 17.8 Å². The first-order chi connectivity index (χ1) is 6.58. The molecule has 1 amide bonds. The number of hydrogen-bond donors (Lipinski definition) is 2. The fourth-order valence-corrected chi connectivity index (χ4v) is 1.62. The van der Waals surface area contributed by atoms with Crippen molar-refractivity contribution in [3.8, 4) is 12.3 Å². The minimum absolute atomic E-state index is 0.0875. The number of hydrogen-bond acceptors (Lipinski definition) is 2. The van der Waals surface area contributed by atoms with Crippen LogP contribution in [0.4, 0.5) is 0 Å².